The molecule has 1 atom stereocenters. The van der Waals surface area contributed by atoms with Crippen molar-refractivity contribution in [2.45, 2.75) is 6.10 Å². The SMILES string of the molecule is OC(c1cc(F)cc(F)c1)c1c(F)c(F)c(F)c(F)c1F. The van der Waals surface area contributed by atoms with Crippen molar-refractivity contribution >= 4 is 0 Å². The lowest BCUT2D eigenvalue weighted by Gasteiger charge is -2.15. The molecule has 2 aromatic carbocycles. The molecule has 2 aromatic rings. The Morgan fingerprint density at radius 1 is 0.619 bits per heavy atom. The van der Waals surface area contributed by atoms with Crippen LogP contribution in [0.25, 0.3) is 0 Å². The quantitative estimate of drug-likeness (QED) is 0.509. The molecular weight excluding hydrogens is 305 g/mol. The van der Waals surface area contributed by atoms with E-state index in [1.54, 1.807) is 0 Å². The largest absolute Gasteiger partial charge is 0.383 e. The maximum Gasteiger partial charge on any atom is 0.200 e. The first kappa shape index (κ1) is 15.3. The van der Waals surface area contributed by atoms with Gasteiger partial charge in [0.2, 0.25) is 5.82 Å². The van der Waals surface area contributed by atoms with Gasteiger partial charge in [0.15, 0.2) is 23.3 Å². The molecule has 0 aliphatic heterocycles. The van der Waals surface area contributed by atoms with Crippen LogP contribution in [0.5, 0.6) is 0 Å². The second-order valence-electron chi connectivity index (χ2n) is 4.09. The van der Waals surface area contributed by atoms with Gasteiger partial charge >= 0.3 is 0 Å². The summed E-state index contributed by atoms with van der Waals surface area (Å²) in [6.45, 7) is 0. The van der Waals surface area contributed by atoms with Gasteiger partial charge in [-0.05, 0) is 17.7 Å². The highest BCUT2D eigenvalue weighted by Crippen LogP contribution is 2.31. The highest BCUT2D eigenvalue weighted by Gasteiger charge is 2.30. The number of aliphatic hydroxyl groups is 1. The fourth-order valence-corrected chi connectivity index (χ4v) is 1.76. The van der Waals surface area contributed by atoms with Gasteiger partial charge in [0.05, 0.1) is 5.56 Å². The Hall–Kier alpha value is -2.09. The monoisotopic (exact) mass is 310 g/mol. The number of benzene rings is 2. The van der Waals surface area contributed by atoms with Crippen LogP contribution in [0.4, 0.5) is 30.7 Å². The number of halogens is 7. The number of rotatable bonds is 2. The van der Waals surface area contributed by atoms with E-state index in [9.17, 15) is 35.8 Å². The van der Waals surface area contributed by atoms with Crippen LogP contribution in [0.15, 0.2) is 18.2 Å². The molecular formula is C13H5F7O. The first-order chi connectivity index (χ1) is 9.73. The number of hydrogen-bond acceptors (Lipinski definition) is 1. The number of aliphatic hydroxyl groups excluding tert-OH is 1. The van der Waals surface area contributed by atoms with Gasteiger partial charge in [0.25, 0.3) is 0 Å². The normalized spacial score (nSPS) is 12.6. The van der Waals surface area contributed by atoms with Crippen LogP contribution in [0.1, 0.15) is 17.2 Å². The summed E-state index contributed by atoms with van der Waals surface area (Å²) < 4.78 is 91.8. The molecule has 0 aromatic heterocycles. The minimum absolute atomic E-state index is 0.411. The molecule has 0 saturated carbocycles. The third-order valence-corrected chi connectivity index (χ3v) is 2.72. The van der Waals surface area contributed by atoms with Crippen molar-refractivity contribution in [3.63, 3.8) is 0 Å². The highest BCUT2D eigenvalue weighted by molar-refractivity contribution is 5.34. The van der Waals surface area contributed by atoms with Crippen LogP contribution >= 0.6 is 0 Å². The van der Waals surface area contributed by atoms with Crippen LogP contribution in [-0.4, -0.2) is 5.11 Å². The lowest BCUT2D eigenvalue weighted by molar-refractivity contribution is 0.202. The third kappa shape index (κ3) is 2.58. The lowest BCUT2D eigenvalue weighted by Crippen LogP contribution is -2.12. The summed E-state index contributed by atoms with van der Waals surface area (Å²) in [6.07, 6.45) is -2.43. The van der Waals surface area contributed by atoms with Crippen molar-refractivity contribution in [2.24, 2.45) is 0 Å². The summed E-state index contributed by atoms with van der Waals surface area (Å²) in [5.41, 5.74) is -2.29. The van der Waals surface area contributed by atoms with E-state index in [4.69, 9.17) is 0 Å². The molecule has 0 saturated heterocycles. The average Bonchev–Trinajstić information content (AvgIpc) is 2.42. The van der Waals surface area contributed by atoms with Crippen LogP contribution in [0, 0.1) is 40.7 Å². The molecule has 0 spiro atoms. The highest BCUT2D eigenvalue weighted by atomic mass is 19.2. The Labute approximate surface area is 113 Å². The van der Waals surface area contributed by atoms with Crippen LogP contribution < -0.4 is 0 Å². The molecule has 0 aliphatic rings. The molecule has 8 heteroatoms. The second kappa shape index (κ2) is 5.36. The molecule has 112 valence electrons. The van der Waals surface area contributed by atoms with Gasteiger partial charge in [-0.3, -0.25) is 0 Å². The Morgan fingerprint density at radius 3 is 1.43 bits per heavy atom. The van der Waals surface area contributed by atoms with Gasteiger partial charge in [-0.15, -0.1) is 0 Å². The maximum absolute atomic E-state index is 13.5. The van der Waals surface area contributed by atoms with Gasteiger partial charge in [-0.1, -0.05) is 0 Å². The van der Waals surface area contributed by atoms with Crippen molar-refractivity contribution in [3.8, 4) is 0 Å². The fourth-order valence-electron chi connectivity index (χ4n) is 1.76. The van der Waals surface area contributed by atoms with E-state index in [0.717, 1.165) is 0 Å². The lowest BCUT2D eigenvalue weighted by atomic mass is 9.99. The van der Waals surface area contributed by atoms with E-state index in [0.29, 0.717) is 18.2 Å². The molecule has 0 heterocycles. The minimum Gasteiger partial charge on any atom is -0.383 e. The predicted octanol–water partition coefficient (Wildman–Crippen LogP) is 3.74. The van der Waals surface area contributed by atoms with Crippen molar-refractivity contribution in [2.75, 3.05) is 0 Å². The second-order valence-corrected chi connectivity index (χ2v) is 4.09. The van der Waals surface area contributed by atoms with E-state index < -0.39 is 58.0 Å². The van der Waals surface area contributed by atoms with Gasteiger partial charge in [0, 0.05) is 6.07 Å². The maximum atomic E-state index is 13.5. The molecule has 0 bridgehead atoms. The van der Waals surface area contributed by atoms with E-state index in [1.165, 1.54) is 0 Å². The molecule has 0 aliphatic carbocycles. The molecule has 21 heavy (non-hydrogen) atoms. The summed E-state index contributed by atoms with van der Waals surface area (Å²) >= 11 is 0. The molecule has 0 fully saturated rings. The zero-order chi connectivity index (χ0) is 15.9. The zero-order valence-corrected chi connectivity index (χ0v) is 9.90. The first-order valence-corrected chi connectivity index (χ1v) is 5.39. The molecule has 1 nitrogen and oxygen atoms in total. The third-order valence-electron chi connectivity index (χ3n) is 2.72. The average molecular weight is 310 g/mol. The van der Waals surface area contributed by atoms with E-state index in [-0.39, 0.29) is 0 Å². The predicted molar refractivity (Wildman–Crippen MR) is 56.7 cm³/mol. The van der Waals surface area contributed by atoms with Crippen LogP contribution in [0.3, 0.4) is 0 Å². The Kier molecular flexibility index (Phi) is 3.91. The standard InChI is InChI=1S/C13H5F7O/c14-5-1-4(2-6(15)3-5)13(21)7-8(16)10(18)12(20)11(19)9(7)17/h1-3,13,21H. The molecule has 1 unspecified atom stereocenters. The minimum atomic E-state index is -2.43. The summed E-state index contributed by atoms with van der Waals surface area (Å²) in [5.74, 6) is -13.8. The first-order valence-electron chi connectivity index (χ1n) is 5.39. The van der Waals surface area contributed by atoms with Gasteiger partial charge in [-0.2, -0.15) is 0 Å². The Morgan fingerprint density at radius 2 is 1.00 bits per heavy atom. The van der Waals surface area contributed by atoms with E-state index in [1.807, 2.05) is 0 Å². The summed E-state index contributed by atoms with van der Waals surface area (Å²) in [6, 6.07) is 1.42. The van der Waals surface area contributed by atoms with Gasteiger partial charge in [0.1, 0.15) is 17.7 Å². The zero-order valence-electron chi connectivity index (χ0n) is 9.90. The Bertz CT molecular complexity index is 665. The van der Waals surface area contributed by atoms with Crippen molar-refractivity contribution in [1.29, 1.82) is 0 Å². The van der Waals surface area contributed by atoms with Crippen molar-refractivity contribution in [3.05, 3.63) is 70.0 Å². The molecule has 2 rings (SSSR count). The molecule has 0 radical (unpaired) electrons. The molecule has 1 N–H and O–H groups in total. The molecule has 0 amide bonds. The van der Waals surface area contributed by atoms with Crippen molar-refractivity contribution < 1.29 is 35.8 Å². The smallest absolute Gasteiger partial charge is 0.200 e. The van der Waals surface area contributed by atoms with Gasteiger partial charge < -0.3 is 5.11 Å². The van der Waals surface area contributed by atoms with Gasteiger partial charge in [-0.25, -0.2) is 30.7 Å². The Balaban J connectivity index is 2.66. The topological polar surface area (TPSA) is 20.2 Å². The van der Waals surface area contributed by atoms with Crippen LogP contribution in [0.2, 0.25) is 0 Å². The van der Waals surface area contributed by atoms with E-state index >= 15 is 0 Å². The summed E-state index contributed by atoms with van der Waals surface area (Å²) in [5, 5.41) is 9.67. The summed E-state index contributed by atoms with van der Waals surface area (Å²) in [4.78, 5) is 0. The van der Waals surface area contributed by atoms with Crippen molar-refractivity contribution in [1.82, 2.24) is 0 Å². The van der Waals surface area contributed by atoms with Crippen LogP contribution in [-0.2, 0) is 0 Å². The van der Waals surface area contributed by atoms with E-state index in [2.05, 4.69) is 0 Å². The fraction of sp³-hybridized carbons (Fsp3) is 0.0769. The number of hydrogen-bond donors (Lipinski definition) is 1. The summed E-state index contributed by atoms with van der Waals surface area (Å²) in [7, 11) is 0.